The average Bonchev–Trinajstić information content (AvgIpc) is 2.79. The summed E-state index contributed by atoms with van der Waals surface area (Å²) in [7, 11) is 0. The van der Waals surface area contributed by atoms with Crippen molar-refractivity contribution in [3.63, 3.8) is 0 Å². The SMILES string of the molecule is O=C(COC(=O)c1ccccc1NC(=O)c1ccccc1)NCCc1ccccc1F. The van der Waals surface area contributed by atoms with E-state index in [0.29, 0.717) is 17.5 Å². The van der Waals surface area contributed by atoms with E-state index in [1.54, 1.807) is 66.7 Å². The highest BCUT2D eigenvalue weighted by atomic mass is 19.1. The second-order valence-electron chi connectivity index (χ2n) is 6.63. The molecule has 6 nitrogen and oxygen atoms in total. The number of esters is 1. The third kappa shape index (κ3) is 6.24. The molecule has 0 aliphatic carbocycles. The second kappa shape index (κ2) is 10.7. The van der Waals surface area contributed by atoms with Crippen molar-refractivity contribution < 1.29 is 23.5 Å². The van der Waals surface area contributed by atoms with E-state index in [4.69, 9.17) is 4.74 Å². The third-order valence-electron chi connectivity index (χ3n) is 4.44. The van der Waals surface area contributed by atoms with Crippen LogP contribution in [0.1, 0.15) is 26.3 Å². The summed E-state index contributed by atoms with van der Waals surface area (Å²) < 4.78 is 18.6. The van der Waals surface area contributed by atoms with Crippen LogP contribution >= 0.6 is 0 Å². The number of hydrogen-bond acceptors (Lipinski definition) is 4. The number of halogens is 1. The summed E-state index contributed by atoms with van der Waals surface area (Å²) in [5.74, 6) is -1.95. The van der Waals surface area contributed by atoms with Gasteiger partial charge < -0.3 is 15.4 Å². The van der Waals surface area contributed by atoms with Gasteiger partial charge in [-0.15, -0.1) is 0 Å². The molecule has 0 spiro atoms. The number of amides is 2. The molecule has 0 atom stereocenters. The van der Waals surface area contributed by atoms with Crippen LogP contribution in [-0.4, -0.2) is 30.9 Å². The fourth-order valence-corrected chi connectivity index (χ4v) is 2.85. The van der Waals surface area contributed by atoms with Gasteiger partial charge in [0, 0.05) is 12.1 Å². The molecule has 0 aliphatic rings. The number of carbonyl (C=O) groups excluding carboxylic acids is 3. The molecule has 3 rings (SSSR count). The molecule has 0 saturated heterocycles. The zero-order chi connectivity index (χ0) is 22.1. The van der Waals surface area contributed by atoms with E-state index in [1.807, 2.05) is 0 Å². The first-order valence-corrected chi connectivity index (χ1v) is 9.67. The Morgan fingerprint density at radius 2 is 1.52 bits per heavy atom. The average molecular weight is 420 g/mol. The predicted molar refractivity (Wildman–Crippen MR) is 114 cm³/mol. The van der Waals surface area contributed by atoms with E-state index in [1.165, 1.54) is 12.1 Å². The van der Waals surface area contributed by atoms with Crippen LogP contribution in [0.25, 0.3) is 0 Å². The summed E-state index contributed by atoms with van der Waals surface area (Å²) in [6, 6.07) is 21.3. The van der Waals surface area contributed by atoms with Gasteiger partial charge in [-0.1, -0.05) is 48.5 Å². The topological polar surface area (TPSA) is 84.5 Å². The molecule has 31 heavy (non-hydrogen) atoms. The zero-order valence-corrected chi connectivity index (χ0v) is 16.6. The first kappa shape index (κ1) is 21.7. The molecule has 2 amide bonds. The fraction of sp³-hybridized carbons (Fsp3) is 0.125. The predicted octanol–water partition coefficient (Wildman–Crippen LogP) is 3.59. The van der Waals surface area contributed by atoms with Crippen LogP contribution in [0, 0.1) is 5.82 Å². The van der Waals surface area contributed by atoms with E-state index in [-0.39, 0.29) is 29.5 Å². The number of nitrogens with one attached hydrogen (secondary N) is 2. The molecule has 0 fully saturated rings. The summed E-state index contributed by atoms with van der Waals surface area (Å²) in [5, 5.41) is 5.26. The Morgan fingerprint density at radius 3 is 2.29 bits per heavy atom. The number of carbonyl (C=O) groups is 3. The molecular formula is C24H21FN2O4. The van der Waals surface area contributed by atoms with Crippen molar-refractivity contribution in [3.05, 3.63) is 101 Å². The van der Waals surface area contributed by atoms with Gasteiger partial charge in [0.2, 0.25) is 0 Å². The Labute approximate surface area is 179 Å². The van der Waals surface area contributed by atoms with Gasteiger partial charge in [-0.3, -0.25) is 9.59 Å². The lowest BCUT2D eigenvalue weighted by Gasteiger charge is -2.11. The minimum Gasteiger partial charge on any atom is -0.452 e. The van der Waals surface area contributed by atoms with Crippen LogP contribution in [0.3, 0.4) is 0 Å². The Kier molecular flexibility index (Phi) is 7.48. The van der Waals surface area contributed by atoms with E-state index in [9.17, 15) is 18.8 Å². The van der Waals surface area contributed by atoms with Crippen molar-refractivity contribution in [2.75, 3.05) is 18.5 Å². The monoisotopic (exact) mass is 420 g/mol. The van der Waals surface area contributed by atoms with Crippen LogP contribution in [0.5, 0.6) is 0 Å². The Morgan fingerprint density at radius 1 is 0.839 bits per heavy atom. The molecule has 2 N–H and O–H groups in total. The van der Waals surface area contributed by atoms with Crippen molar-refractivity contribution in [2.45, 2.75) is 6.42 Å². The molecule has 3 aromatic rings. The Hall–Kier alpha value is -4.00. The molecule has 158 valence electrons. The minimum absolute atomic E-state index is 0.130. The van der Waals surface area contributed by atoms with Crippen molar-refractivity contribution in [1.82, 2.24) is 5.32 Å². The molecule has 3 aromatic carbocycles. The molecule has 0 aromatic heterocycles. The number of rotatable bonds is 8. The number of anilines is 1. The van der Waals surface area contributed by atoms with E-state index in [2.05, 4.69) is 10.6 Å². The fourth-order valence-electron chi connectivity index (χ4n) is 2.85. The van der Waals surface area contributed by atoms with Crippen LogP contribution in [-0.2, 0) is 16.0 Å². The van der Waals surface area contributed by atoms with Crippen LogP contribution in [0.4, 0.5) is 10.1 Å². The van der Waals surface area contributed by atoms with E-state index < -0.39 is 18.5 Å². The van der Waals surface area contributed by atoms with Crippen LogP contribution in [0.15, 0.2) is 78.9 Å². The molecule has 0 saturated carbocycles. The van der Waals surface area contributed by atoms with Gasteiger partial charge in [-0.2, -0.15) is 0 Å². The molecule has 0 unspecified atom stereocenters. The first-order chi connectivity index (χ1) is 15.0. The van der Waals surface area contributed by atoms with E-state index in [0.717, 1.165) is 0 Å². The van der Waals surface area contributed by atoms with Crippen molar-refractivity contribution in [2.24, 2.45) is 0 Å². The third-order valence-corrected chi connectivity index (χ3v) is 4.44. The second-order valence-corrected chi connectivity index (χ2v) is 6.63. The summed E-state index contributed by atoms with van der Waals surface area (Å²) >= 11 is 0. The number of benzene rings is 3. The quantitative estimate of drug-likeness (QED) is 0.546. The highest BCUT2D eigenvalue weighted by Crippen LogP contribution is 2.17. The summed E-state index contributed by atoms with van der Waals surface area (Å²) in [6.07, 6.45) is 0.320. The smallest absolute Gasteiger partial charge is 0.340 e. The maximum Gasteiger partial charge on any atom is 0.340 e. The highest BCUT2D eigenvalue weighted by molar-refractivity contribution is 6.08. The molecule has 0 radical (unpaired) electrons. The molecule has 0 heterocycles. The number of para-hydroxylation sites is 1. The van der Waals surface area contributed by atoms with Crippen LogP contribution < -0.4 is 10.6 Å². The largest absolute Gasteiger partial charge is 0.452 e. The molecule has 7 heteroatoms. The standard InChI is InChI=1S/C24H21FN2O4/c25-20-12-6-4-8-17(20)14-15-26-22(28)16-31-24(30)19-11-5-7-13-21(19)27-23(29)18-9-2-1-3-10-18/h1-13H,14-16H2,(H,26,28)(H,27,29). The normalized spacial score (nSPS) is 10.2. The van der Waals surface area contributed by atoms with Crippen molar-refractivity contribution in [1.29, 1.82) is 0 Å². The van der Waals surface area contributed by atoms with E-state index >= 15 is 0 Å². The summed E-state index contributed by atoms with van der Waals surface area (Å²) in [4.78, 5) is 36.7. The van der Waals surface area contributed by atoms with Gasteiger partial charge in [0.25, 0.3) is 11.8 Å². The maximum absolute atomic E-state index is 13.6. The highest BCUT2D eigenvalue weighted by Gasteiger charge is 2.16. The summed E-state index contributed by atoms with van der Waals surface area (Å²) in [6.45, 7) is -0.280. The molecular weight excluding hydrogens is 399 g/mol. The maximum atomic E-state index is 13.6. The van der Waals surface area contributed by atoms with Gasteiger partial charge in [0.1, 0.15) is 5.82 Å². The number of ether oxygens (including phenoxy) is 1. The lowest BCUT2D eigenvalue weighted by Crippen LogP contribution is -2.30. The molecule has 0 bridgehead atoms. The number of hydrogen-bond donors (Lipinski definition) is 2. The zero-order valence-electron chi connectivity index (χ0n) is 16.6. The van der Waals surface area contributed by atoms with Gasteiger partial charge in [-0.25, -0.2) is 9.18 Å². The molecule has 0 aliphatic heterocycles. The lowest BCUT2D eigenvalue weighted by atomic mass is 10.1. The van der Waals surface area contributed by atoms with Crippen molar-refractivity contribution >= 4 is 23.5 Å². The first-order valence-electron chi connectivity index (χ1n) is 9.67. The van der Waals surface area contributed by atoms with Gasteiger partial charge in [-0.05, 0) is 42.3 Å². The Balaban J connectivity index is 1.52. The minimum atomic E-state index is -0.742. The summed E-state index contributed by atoms with van der Waals surface area (Å²) in [5.41, 5.74) is 1.34. The van der Waals surface area contributed by atoms with Crippen LogP contribution in [0.2, 0.25) is 0 Å². The lowest BCUT2D eigenvalue weighted by molar-refractivity contribution is -0.124. The van der Waals surface area contributed by atoms with Crippen molar-refractivity contribution in [3.8, 4) is 0 Å². The van der Waals surface area contributed by atoms with Gasteiger partial charge in [0.15, 0.2) is 6.61 Å². The van der Waals surface area contributed by atoms with Gasteiger partial charge in [0.05, 0.1) is 11.3 Å². The van der Waals surface area contributed by atoms with Gasteiger partial charge >= 0.3 is 5.97 Å². The Bertz CT molecular complexity index is 1070.